The molecule has 16 nitrogen and oxygen atoms in total. The Morgan fingerprint density at radius 1 is 0.345 bits per heavy atom. The second kappa shape index (κ2) is 36.7. The molecular weight excluding hydrogens is 1610 g/mol. The number of carbonyl (C=O) groups excluding carboxylic acids is 4. The maximum absolute atomic E-state index is 13.2. The number of anilines is 4. The summed E-state index contributed by atoms with van der Waals surface area (Å²) < 4.78 is 101. The molecule has 8 aliphatic rings. The minimum absolute atomic E-state index is 0.0808. The molecule has 4 amide bonds. The first-order valence-corrected chi connectivity index (χ1v) is 41.6. The van der Waals surface area contributed by atoms with Crippen molar-refractivity contribution in [1.82, 2.24) is 0 Å². The van der Waals surface area contributed by atoms with Crippen LogP contribution in [0.2, 0.25) is 10.0 Å². The quantitative estimate of drug-likeness (QED) is 0.0840. The largest absolute Gasteiger partial charge is 0.493 e. The predicted molar refractivity (Wildman–Crippen MR) is 460 cm³/mol. The Hall–Kier alpha value is -9.96. The number of aliphatic imine (C=N–C) groups is 4. The van der Waals surface area contributed by atoms with Gasteiger partial charge in [-0.2, -0.15) is 26.3 Å². The van der Waals surface area contributed by atoms with Crippen LogP contribution in [0.4, 0.5) is 49.1 Å². The number of thioether (sulfide) groups is 4. The monoisotopic (exact) mass is 1690 g/mol. The first kappa shape index (κ1) is 84.0. The van der Waals surface area contributed by atoms with Crippen LogP contribution >= 0.6 is 70.2 Å². The summed E-state index contributed by atoms with van der Waals surface area (Å²) in [6, 6.07) is 47.6. The van der Waals surface area contributed by atoms with Crippen molar-refractivity contribution in [2.24, 2.45) is 20.0 Å². The van der Waals surface area contributed by atoms with E-state index in [0.29, 0.717) is 63.6 Å². The Bertz CT molecular complexity index is 5410. The van der Waals surface area contributed by atoms with Gasteiger partial charge in [0.1, 0.15) is 23.0 Å². The fraction of sp³-hybridized carbons (Fsp3) is 0.273. The van der Waals surface area contributed by atoms with E-state index in [1.54, 1.807) is 46.2 Å². The minimum atomic E-state index is -4.49. The van der Waals surface area contributed by atoms with Crippen molar-refractivity contribution in [2.45, 2.75) is 130 Å². The standard InChI is InChI=1S/C23H21F3N2O2S.C22H21ClN2O2S.C22H19F3N2O2S.C21H19ClN2O2S/c1-14(2)27-22-28(18-7-3-6-17(13-18)23(24,25)26)21(29)20(31-22)12-15-8-9-19-16(11-15)5-4-10-30-19;1-14(2)24-22-25(18-7-3-6-17(23)13-18)21(26)20(28-22)12-15-8-9-19-16(11-15)5-4-10-27-19;1-13(2)26-21-27(17-5-3-4-16(12-17)22(23,24)25)20(28)19(30-21)11-14-6-7-18-15(10-14)8-9-29-18;1-13(2)23-21-24(17-5-3-4-16(22)12-17)20(25)19(27-21)11-14-6-7-18-15(10-14)8-9-26-18/h3,6-9,11-14H,4-5,10H2,1-2H3;3,6-9,11-14H,4-5,10H2,1-2H3;3-7,10-13H,8-9H2,1-2H3;3-7,10-13H,8-9H2,1-2H3/b20-12-,27-22?;20-12-,24-22?;19-11-,26-21?;19-11-,23-21?. The Morgan fingerprint density at radius 2 is 0.603 bits per heavy atom. The Labute approximate surface area is 695 Å². The van der Waals surface area contributed by atoms with Gasteiger partial charge in [0.2, 0.25) is 0 Å². The lowest BCUT2D eigenvalue weighted by molar-refractivity contribution is -0.138. The number of rotatable bonds is 12. The highest BCUT2D eigenvalue weighted by Gasteiger charge is 2.41. The van der Waals surface area contributed by atoms with E-state index in [-0.39, 0.29) is 47.4 Å². The zero-order valence-electron chi connectivity index (χ0n) is 64.4. The van der Waals surface area contributed by atoms with Gasteiger partial charge in [-0.1, -0.05) is 71.7 Å². The van der Waals surface area contributed by atoms with Crippen LogP contribution in [0.5, 0.6) is 23.0 Å². The SMILES string of the molecule is CC(C)N=C1S/C(=C\c2ccc3c(c2)CCCO3)C(=O)N1c1cccc(C(F)(F)F)c1.CC(C)N=C1S/C(=C\c2ccc3c(c2)CCCO3)C(=O)N1c1cccc(Cl)c1.CC(C)N=C1S/C(=C\c2ccc3c(c2)CCO3)C(=O)N1c1cccc(C(F)(F)F)c1.CC(C)N=C1S/C(=C\c2ccc3c(c2)CCO3)C(=O)N1c1cccc(Cl)c1. The molecule has 8 aromatic carbocycles. The lowest BCUT2D eigenvalue weighted by Crippen LogP contribution is -2.29. The molecule has 8 heterocycles. The van der Waals surface area contributed by atoms with E-state index in [9.17, 15) is 45.5 Å². The molecule has 0 radical (unpaired) electrons. The number of hydrogen-bond acceptors (Lipinski definition) is 16. The van der Waals surface area contributed by atoms with Crippen LogP contribution in [0.25, 0.3) is 24.3 Å². The number of amidine groups is 4. The molecule has 116 heavy (non-hydrogen) atoms. The first-order chi connectivity index (χ1) is 55.5. The summed E-state index contributed by atoms with van der Waals surface area (Å²) in [5.74, 6) is 2.63. The third-order valence-electron chi connectivity index (χ3n) is 18.2. The maximum Gasteiger partial charge on any atom is 0.416 e. The summed E-state index contributed by atoms with van der Waals surface area (Å²) >= 11 is 17.4. The summed E-state index contributed by atoms with van der Waals surface area (Å²) in [4.78, 5) is 78.8. The van der Waals surface area contributed by atoms with Gasteiger partial charge in [0.05, 0.1) is 79.9 Å². The average Bonchev–Trinajstić information content (AvgIpc) is 1.21. The number of fused-ring (bicyclic) bond motifs is 4. The first-order valence-electron chi connectivity index (χ1n) is 37.6. The number of hydrogen-bond donors (Lipinski definition) is 0. The van der Waals surface area contributed by atoms with Gasteiger partial charge in [-0.15, -0.1) is 0 Å². The molecule has 0 saturated carbocycles. The molecule has 8 aliphatic heterocycles. The van der Waals surface area contributed by atoms with E-state index in [0.717, 1.165) is 144 Å². The van der Waals surface area contributed by atoms with E-state index in [1.165, 1.54) is 92.2 Å². The van der Waals surface area contributed by atoms with Crippen LogP contribution in [-0.4, -0.2) is 94.9 Å². The number of halogens is 8. The third kappa shape index (κ3) is 20.5. The van der Waals surface area contributed by atoms with Gasteiger partial charge in [-0.25, -0.2) is 0 Å². The van der Waals surface area contributed by atoms with Crippen LogP contribution in [0.1, 0.15) is 124 Å². The summed E-state index contributed by atoms with van der Waals surface area (Å²) in [6.45, 7) is 18.2. The summed E-state index contributed by atoms with van der Waals surface area (Å²) in [7, 11) is 0. The molecule has 0 spiro atoms. The van der Waals surface area contributed by atoms with Gasteiger partial charge in [0.25, 0.3) is 23.6 Å². The van der Waals surface area contributed by atoms with Crippen molar-refractivity contribution in [2.75, 3.05) is 46.0 Å². The van der Waals surface area contributed by atoms with Gasteiger partial charge < -0.3 is 18.9 Å². The predicted octanol–water partition coefficient (Wildman–Crippen LogP) is 22.2. The van der Waals surface area contributed by atoms with Crippen molar-refractivity contribution < 1.29 is 64.5 Å². The highest BCUT2D eigenvalue weighted by Crippen LogP contribution is 2.45. The van der Waals surface area contributed by atoms with E-state index in [2.05, 4.69) is 32.1 Å². The molecule has 8 aromatic rings. The Balaban J connectivity index is 0.000000135. The van der Waals surface area contributed by atoms with Crippen LogP contribution in [0.15, 0.2) is 209 Å². The molecule has 4 saturated heterocycles. The lowest BCUT2D eigenvalue weighted by atomic mass is 10.0. The van der Waals surface area contributed by atoms with E-state index >= 15 is 0 Å². The van der Waals surface area contributed by atoms with Crippen LogP contribution < -0.4 is 38.5 Å². The fourth-order valence-corrected chi connectivity index (χ4v) is 17.9. The van der Waals surface area contributed by atoms with Crippen molar-refractivity contribution in [1.29, 1.82) is 0 Å². The molecule has 0 N–H and O–H groups in total. The summed E-state index contributed by atoms with van der Waals surface area (Å²) in [5, 5.41) is 3.26. The van der Waals surface area contributed by atoms with Gasteiger partial charge in [-0.3, -0.25) is 58.7 Å². The number of carbonyl (C=O) groups is 4. The number of ether oxygens (including phenoxy) is 4. The number of alkyl halides is 6. The topological polar surface area (TPSA) is 168 Å². The Kier molecular flexibility index (Phi) is 26.6. The second-order valence-corrected chi connectivity index (χ2v) is 33.6. The fourth-order valence-electron chi connectivity index (χ4n) is 13.0. The molecule has 600 valence electrons. The van der Waals surface area contributed by atoms with E-state index in [4.69, 9.17) is 42.1 Å². The molecular formula is C88H80Cl2F6N8O8S4. The molecule has 28 heteroatoms. The lowest BCUT2D eigenvalue weighted by Gasteiger charge is -2.18. The Morgan fingerprint density at radius 3 is 0.871 bits per heavy atom. The normalized spacial score (nSPS) is 19.3. The van der Waals surface area contributed by atoms with E-state index < -0.39 is 35.3 Å². The summed E-state index contributed by atoms with van der Waals surface area (Å²) in [6.07, 6.45) is 3.95. The maximum atomic E-state index is 13.2. The molecule has 0 atom stereocenters. The zero-order chi connectivity index (χ0) is 82.3. The van der Waals surface area contributed by atoms with Crippen LogP contribution in [-0.2, 0) is 57.2 Å². The highest BCUT2D eigenvalue weighted by atomic mass is 35.5. The molecule has 16 rings (SSSR count). The summed E-state index contributed by atoms with van der Waals surface area (Å²) in [5.41, 5.74) is 8.34. The third-order valence-corrected chi connectivity index (χ3v) is 22.6. The number of nitrogens with zero attached hydrogens (tertiary/aromatic N) is 8. The molecule has 0 aromatic heterocycles. The van der Waals surface area contributed by atoms with Crippen LogP contribution in [0, 0.1) is 0 Å². The second-order valence-electron chi connectivity index (χ2n) is 28.7. The molecule has 4 fully saturated rings. The molecule has 0 unspecified atom stereocenters. The molecule has 0 aliphatic carbocycles. The van der Waals surface area contributed by atoms with Gasteiger partial charge in [0.15, 0.2) is 20.7 Å². The number of aryl methyl sites for hydroxylation is 2. The van der Waals surface area contributed by atoms with Gasteiger partial charge in [0, 0.05) is 47.1 Å². The van der Waals surface area contributed by atoms with Gasteiger partial charge >= 0.3 is 12.4 Å². The average molecular weight is 1690 g/mol. The zero-order valence-corrected chi connectivity index (χ0v) is 69.1. The van der Waals surface area contributed by atoms with E-state index in [1.807, 2.05) is 152 Å². The van der Waals surface area contributed by atoms with Crippen molar-refractivity contribution in [3.8, 4) is 23.0 Å². The molecule has 0 bridgehead atoms. The number of amides is 4. The van der Waals surface area contributed by atoms with Crippen LogP contribution in [0.3, 0.4) is 0 Å². The van der Waals surface area contributed by atoms with Crippen molar-refractivity contribution in [3.63, 3.8) is 0 Å². The number of benzene rings is 8. The van der Waals surface area contributed by atoms with Gasteiger partial charge in [-0.05, 0) is 318 Å². The smallest absolute Gasteiger partial charge is 0.416 e. The highest BCUT2D eigenvalue weighted by molar-refractivity contribution is 8.20. The van der Waals surface area contributed by atoms with Crippen molar-refractivity contribution in [3.05, 3.63) is 255 Å². The minimum Gasteiger partial charge on any atom is -0.493 e. The van der Waals surface area contributed by atoms with Crippen molar-refractivity contribution >= 4 is 162 Å².